The summed E-state index contributed by atoms with van der Waals surface area (Å²) in [5.41, 5.74) is 0. The van der Waals surface area contributed by atoms with E-state index in [0.717, 1.165) is 0 Å². The van der Waals surface area contributed by atoms with Gasteiger partial charge in [0.05, 0.1) is 7.32 Å². The summed E-state index contributed by atoms with van der Waals surface area (Å²) >= 11 is -11.5. The van der Waals surface area contributed by atoms with Crippen LogP contribution < -0.4 is 91.0 Å². The van der Waals surface area contributed by atoms with E-state index >= 15 is 0 Å². The summed E-state index contributed by atoms with van der Waals surface area (Å²) in [7, 11) is -2.67. The van der Waals surface area contributed by atoms with E-state index in [1.54, 1.807) is 0 Å². The van der Waals surface area contributed by atoms with Crippen LogP contribution in [0.2, 0.25) is 0 Å². The van der Waals surface area contributed by atoms with Crippen LogP contribution in [0.3, 0.4) is 0 Å². The van der Waals surface area contributed by atoms with Crippen molar-refractivity contribution in [3.63, 3.8) is 0 Å². The van der Waals surface area contributed by atoms with Crippen molar-refractivity contribution in [1.82, 2.24) is 0 Å². The van der Waals surface area contributed by atoms with Gasteiger partial charge in [-0.25, -0.2) is 0 Å². The van der Waals surface area contributed by atoms with Crippen LogP contribution in [-0.4, -0.2) is 20.7 Å². The maximum absolute atomic E-state index is 9.53. The van der Waals surface area contributed by atoms with Crippen molar-refractivity contribution >= 4 is 7.32 Å². The molecule has 0 bridgehead atoms. The van der Waals surface area contributed by atoms with Crippen LogP contribution in [0, 0.1) is 0 Å². The molecule has 10 nitrogen and oxygen atoms in total. The number of hydrogen-bond acceptors (Lipinski definition) is 8. The molecule has 0 fully saturated rings. The van der Waals surface area contributed by atoms with Crippen molar-refractivity contribution in [2.45, 2.75) is 0 Å². The second kappa shape index (κ2) is 11.8. The van der Waals surface area contributed by atoms with Crippen LogP contribution in [0.4, 0.5) is 0 Å². The summed E-state index contributed by atoms with van der Waals surface area (Å²) < 4.78 is 56.3. The Kier molecular flexibility index (Phi) is 20.7. The zero-order valence-electron chi connectivity index (χ0n) is 7.59. The van der Waals surface area contributed by atoms with Gasteiger partial charge in [0.15, 0.2) is 0 Å². The van der Waals surface area contributed by atoms with E-state index < -0.39 is 34.5 Å². The molecule has 0 aliphatic rings. The maximum atomic E-state index is 9.53. The molecule has 15 heavy (non-hydrogen) atoms. The van der Waals surface area contributed by atoms with Gasteiger partial charge >= 0.3 is 135 Å². The van der Waals surface area contributed by atoms with Crippen LogP contribution in [0.5, 0.6) is 0 Å². The molecule has 0 aliphatic carbocycles. The van der Waals surface area contributed by atoms with Gasteiger partial charge in [0.2, 0.25) is 0 Å². The molecule has 0 aromatic heterocycles. The Morgan fingerprint density at radius 3 is 1.13 bits per heavy atom. The predicted octanol–water partition coefficient (Wildman–Crippen LogP) is -11.0. The van der Waals surface area contributed by atoms with Gasteiger partial charge in [-0.05, 0) is 0 Å². The van der Waals surface area contributed by atoms with Crippen molar-refractivity contribution < 1.29 is 150 Å². The molecule has 0 amide bonds. The summed E-state index contributed by atoms with van der Waals surface area (Å²) in [4.78, 5) is 0. The Hall–Kier alpha value is 2.73. The second-order valence-electron chi connectivity index (χ2n) is 1.23. The molecular formula is H3BCr2KNaO10. The van der Waals surface area contributed by atoms with Gasteiger partial charge in [0.25, 0.3) is 0 Å². The summed E-state index contributed by atoms with van der Waals surface area (Å²) in [5, 5.41) is 24.0. The first-order valence-electron chi connectivity index (χ1n) is 2.09. The van der Waals surface area contributed by atoms with Gasteiger partial charge in [-0.2, -0.15) is 0 Å². The molecule has 0 rings (SSSR count). The van der Waals surface area contributed by atoms with E-state index in [1.807, 2.05) is 0 Å². The molecule has 0 unspecified atom stereocenters. The monoisotopic (exact) mass is 340 g/mol. The molecule has 3 N–H and O–H groups in total. The van der Waals surface area contributed by atoms with Crippen LogP contribution in [0.25, 0.3) is 0 Å². The van der Waals surface area contributed by atoms with Gasteiger partial charge in [0.1, 0.15) is 0 Å². The number of rotatable bonds is 2. The van der Waals surface area contributed by atoms with Crippen molar-refractivity contribution in [3.05, 3.63) is 0 Å². The Morgan fingerprint density at radius 2 is 1.13 bits per heavy atom. The molecule has 80 valence electrons. The Bertz CT molecular complexity index is 283. The fraction of sp³-hybridized carbons (Fsp3) is 0. The minimum atomic E-state index is -5.76. The van der Waals surface area contributed by atoms with E-state index in [1.165, 1.54) is 0 Å². The SMILES string of the molecule is [K+].[Na+].[O-]B([O-])O.[O]=[Cr](=[O])([OH])[O][Cr](=[O])(=[O])[OH]. The molecule has 0 radical (unpaired) electrons. The van der Waals surface area contributed by atoms with Gasteiger partial charge in [-0.1, -0.05) is 0 Å². The molecule has 0 saturated heterocycles. The first-order valence-corrected chi connectivity index (χ1v) is 6.36. The predicted molar refractivity (Wildman–Crippen MR) is 16.2 cm³/mol. The second-order valence-corrected chi connectivity index (χ2v) is 4.99. The average molecular weight is 340 g/mol. The van der Waals surface area contributed by atoms with Crippen LogP contribution in [0.1, 0.15) is 0 Å². The van der Waals surface area contributed by atoms with Crippen LogP contribution >= 0.6 is 0 Å². The molecule has 0 heterocycles. The molecule has 0 aromatic carbocycles. The van der Waals surface area contributed by atoms with Crippen molar-refractivity contribution in [2.75, 3.05) is 0 Å². The standard InChI is InChI=1S/BHO3.2Cr.K.Na.2H2O.5O/c2-1(3)4;;;;;;;;;;;/h2H;;;;;2*1H2;;;;;/q-2;4*+1;;;;;;;/p-2. The van der Waals surface area contributed by atoms with Gasteiger partial charge < -0.3 is 15.1 Å². The zero-order valence-corrected chi connectivity index (χ0v) is 15.3. The van der Waals surface area contributed by atoms with Crippen molar-refractivity contribution in [1.29, 1.82) is 0 Å². The van der Waals surface area contributed by atoms with Gasteiger partial charge in [-0.15, -0.1) is 0 Å². The molecule has 0 spiro atoms. The average Bonchev–Trinajstić information content (AvgIpc) is 1.47. The fourth-order valence-electron chi connectivity index (χ4n) is 0.109. The van der Waals surface area contributed by atoms with Crippen molar-refractivity contribution in [2.24, 2.45) is 0 Å². The van der Waals surface area contributed by atoms with E-state index in [-0.39, 0.29) is 80.9 Å². The molecule has 0 aromatic rings. The van der Waals surface area contributed by atoms with Crippen molar-refractivity contribution in [3.8, 4) is 0 Å². The Morgan fingerprint density at radius 1 is 1.00 bits per heavy atom. The molecule has 15 heteroatoms. The van der Waals surface area contributed by atoms with Crippen LogP contribution in [-0.2, 0) is 45.3 Å². The number of hydrogen-bond donors (Lipinski definition) is 3. The van der Waals surface area contributed by atoms with E-state index in [0.29, 0.717) is 0 Å². The van der Waals surface area contributed by atoms with Gasteiger partial charge in [-0.3, -0.25) is 0 Å². The summed E-state index contributed by atoms with van der Waals surface area (Å²) in [6, 6.07) is 0. The third-order valence-electron chi connectivity index (χ3n) is 0.172. The topological polar surface area (TPSA) is 184 Å². The minimum absolute atomic E-state index is 0. The quantitative estimate of drug-likeness (QED) is 0.408. The van der Waals surface area contributed by atoms with E-state index in [2.05, 4.69) is 2.84 Å². The summed E-state index contributed by atoms with van der Waals surface area (Å²) in [6.45, 7) is 0. The first kappa shape index (κ1) is 26.3. The summed E-state index contributed by atoms with van der Waals surface area (Å²) in [5.74, 6) is 0. The van der Waals surface area contributed by atoms with Gasteiger partial charge in [0, 0.05) is 0 Å². The van der Waals surface area contributed by atoms with E-state index in [4.69, 9.17) is 23.4 Å². The third kappa shape index (κ3) is 47.6. The molecular weight excluding hydrogens is 337 g/mol. The first-order chi connectivity index (χ1) is 5.44. The zero-order chi connectivity index (χ0) is 11.3. The Labute approximate surface area is 154 Å². The summed E-state index contributed by atoms with van der Waals surface area (Å²) in [6.07, 6.45) is 0. The van der Waals surface area contributed by atoms with Crippen LogP contribution in [0.15, 0.2) is 0 Å². The third-order valence-corrected chi connectivity index (χ3v) is 2.92. The van der Waals surface area contributed by atoms with E-state index in [9.17, 15) is 15.2 Å². The molecule has 0 aliphatic heterocycles. The molecule has 0 atom stereocenters. The Balaban J connectivity index is -0.0000000883. The molecule has 0 saturated carbocycles. The normalized spacial score (nSPS) is 9.93. The fourth-order valence-corrected chi connectivity index (χ4v) is 1.85.